The number of amides is 1. The first-order valence-corrected chi connectivity index (χ1v) is 5.95. The second-order valence-electron chi connectivity index (χ2n) is 4.14. The Morgan fingerprint density at radius 3 is 3.18 bits per heavy atom. The van der Waals surface area contributed by atoms with Crippen molar-refractivity contribution in [3.8, 4) is 5.75 Å². The van der Waals surface area contributed by atoms with Crippen LogP contribution in [0.1, 0.15) is 17.5 Å². The van der Waals surface area contributed by atoms with Crippen LogP contribution in [0.25, 0.3) is 0 Å². The van der Waals surface area contributed by atoms with Crippen molar-refractivity contribution >= 4 is 5.91 Å². The molecule has 1 aliphatic rings. The van der Waals surface area contributed by atoms with Gasteiger partial charge < -0.3 is 15.4 Å². The number of benzene rings is 1. The predicted octanol–water partition coefficient (Wildman–Crippen LogP) is 0.847. The molecule has 0 spiro atoms. The van der Waals surface area contributed by atoms with Crippen molar-refractivity contribution in [2.45, 2.75) is 19.4 Å². The van der Waals surface area contributed by atoms with Gasteiger partial charge >= 0.3 is 0 Å². The van der Waals surface area contributed by atoms with Gasteiger partial charge in [0, 0.05) is 33.0 Å². The van der Waals surface area contributed by atoms with Crippen LogP contribution in [-0.2, 0) is 17.8 Å². The zero-order valence-electron chi connectivity index (χ0n) is 10.1. The topological polar surface area (TPSA) is 50.4 Å². The van der Waals surface area contributed by atoms with Crippen LogP contribution in [0.15, 0.2) is 18.2 Å². The monoisotopic (exact) mass is 234 g/mol. The van der Waals surface area contributed by atoms with Gasteiger partial charge in [-0.1, -0.05) is 12.1 Å². The third kappa shape index (κ3) is 3.20. The van der Waals surface area contributed by atoms with E-state index >= 15 is 0 Å². The van der Waals surface area contributed by atoms with Gasteiger partial charge in [-0.3, -0.25) is 4.79 Å². The Morgan fingerprint density at radius 1 is 1.47 bits per heavy atom. The van der Waals surface area contributed by atoms with E-state index in [1.54, 1.807) is 7.05 Å². The van der Waals surface area contributed by atoms with Crippen molar-refractivity contribution in [1.82, 2.24) is 10.6 Å². The van der Waals surface area contributed by atoms with Crippen LogP contribution in [0.3, 0.4) is 0 Å². The maximum absolute atomic E-state index is 11.0. The molecule has 0 atom stereocenters. The van der Waals surface area contributed by atoms with E-state index in [1.165, 1.54) is 11.1 Å². The maximum Gasteiger partial charge on any atom is 0.221 e. The van der Waals surface area contributed by atoms with E-state index in [0.717, 1.165) is 25.3 Å². The molecule has 92 valence electrons. The normalized spacial score (nSPS) is 13.0. The van der Waals surface area contributed by atoms with Gasteiger partial charge in [-0.05, 0) is 17.2 Å². The Kier molecular flexibility index (Phi) is 3.98. The Bertz CT molecular complexity index is 404. The summed E-state index contributed by atoms with van der Waals surface area (Å²) in [6.45, 7) is 2.29. The van der Waals surface area contributed by atoms with E-state index in [0.29, 0.717) is 13.0 Å². The quantitative estimate of drug-likeness (QED) is 0.743. The van der Waals surface area contributed by atoms with E-state index in [1.807, 2.05) is 6.07 Å². The Balaban J connectivity index is 1.78. The molecule has 0 bridgehead atoms. The molecule has 4 heteroatoms. The standard InChI is InChI=1S/C13H18N2O2/c1-14-13(16)4-6-15-9-10-2-3-12-11(8-10)5-7-17-12/h2-3,8,15H,4-7,9H2,1H3,(H,14,16). The van der Waals surface area contributed by atoms with Crippen LogP contribution in [-0.4, -0.2) is 26.1 Å². The fraction of sp³-hybridized carbons (Fsp3) is 0.462. The van der Waals surface area contributed by atoms with E-state index < -0.39 is 0 Å². The van der Waals surface area contributed by atoms with Gasteiger partial charge in [-0.25, -0.2) is 0 Å². The first-order valence-electron chi connectivity index (χ1n) is 5.95. The molecule has 4 nitrogen and oxygen atoms in total. The average molecular weight is 234 g/mol. The highest BCUT2D eigenvalue weighted by molar-refractivity contribution is 5.75. The summed E-state index contributed by atoms with van der Waals surface area (Å²) in [6.07, 6.45) is 1.52. The minimum absolute atomic E-state index is 0.0693. The summed E-state index contributed by atoms with van der Waals surface area (Å²) < 4.78 is 5.45. The Labute approximate surface area is 101 Å². The molecule has 17 heavy (non-hydrogen) atoms. The molecule has 1 aromatic rings. The van der Waals surface area contributed by atoms with Crippen LogP contribution in [0, 0.1) is 0 Å². The number of fused-ring (bicyclic) bond motifs is 1. The largest absolute Gasteiger partial charge is 0.493 e. The zero-order valence-corrected chi connectivity index (χ0v) is 10.1. The Morgan fingerprint density at radius 2 is 2.35 bits per heavy atom. The highest BCUT2D eigenvalue weighted by Crippen LogP contribution is 2.25. The average Bonchev–Trinajstić information content (AvgIpc) is 2.81. The molecule has 2 N–H and O–H groups in total. The number of rotatable bonds is 5. The highest BCUT2D eigenvalue weighted by atomic mass is 16.5. The third-order valence-corrected chi connectivity index (χ3v) is 2.89. The lowest BCUT2D eigenvalue weighted by Crippen LogP contribution is -2.24. The number of carbonyl (C=O) groups is 1. The molecule has 0 saturated carbocycles. The van der Waals surface area contributed by atoms with Crippen molar-refractivity contribution in [2.24, 2.45) is 0 Å². The zero-order chi connectivity index (χ0) is 12.1. The molecular formula is C13H18N2O2. The van der Waals surface area contributed by atoms with E-state index in [4.69, 9.17) is 4.74 Å². The maximum atomic E-state index is 11.0. The van der Waals surface area contributed by atoms with Crippen molar-refractivity contribution in [2.75, 3.05) is 20.2 Å². The van der Waals surface area contributed by atoms with Crippen LogP contribution in [0.4, 0.5) is 0 Å². The molecule has 0 fully saturated rings. The van der Waals surface area contributed by atoms with Gasteiger partial charge in [0.1, 0.15) is 5.75 Å². The summed E-state index contributed by atoms with van der Waals surface area (Å²) >= 11 is 0. The number of nitrogens with one attached hydrogen (secondary N) is 2. The van der Waals surface area contributed by atoms with Gasteiger partial charge in [0.2, 0.25) is 5.91 Å². The van der Waals surface area contributed by atoms with Crippen LogP contribution < -0.4 is 15.4 Å². The Hall–Kier alpha value is -1.55. The molecule has 1 heterocycles. The van der Waals surface area contributed by atoms with Gasteiger partial charge in [0.15, 0.2) is 0 Å². The second kappa shape index (κ2) is 5.68. The second-order valence-corrected chi connectivity index (χ2v) is 4.14. The molecule has 1 aliphatic heterocycles. The lowest BCUT2D eigenvalue weighted by atomic mass is 10.1. The van der Waals surface area contributed by atoms with Gasteiger partial charge in [-0.15, -0.1) is 0 Å². The number of carbonyl (C=O) groups excluding carboxylic acids is 1. The first kappa shape index (κ1) is 11.9. The lowest BCUT2D eigenvalue weighted by molar-refractivity contribution is -0.120. The van der Waals surface area contributed by atoms with Gasteiger partial charge in [0.25, 0.3) is 0 Å². The molecule has 2 rings (SSSR count). The highest BCUT2D eigenvalue weighted by Gasteiger charge is 2.11. The molecule has 0 unspecified atom stereocenters. The first-order chi connectivity index (χ1) is 8.29. The molecule has 1 aromatic carbocycles. The van der Waals surface area contributed by atoms with Crippen molar-refractivity contribution in [3.63, 3.8) is 0 Å². The van der Waals surface area contributed by atoms with E-state index in [-0.39, 0.29) is 5.91 Å². The van der Waals surface area contributed by atoms with E-state index in [2.05, 4.69) is 22.8 Å². The molecule has 0 aliphatic carbocycles. The summed E-state index contributed by atoms with van der Waals surface area (Å²) in [6, 6.07) is 6.27. The van der Waals surface area contributed by atoms with Crippen molar-refractivity contribution in [3.05, 3.63) is 29.3 Å². The van der Waals surface area contributed by atoms with Crippen molar-refractivity contribution < 1.29 is 9.53 Å². The fourth-order valence-corrected chi connectivity index (χ4v) is 1.91. The van der Waals surface area contributed by atoms with Crippen LogP contribution >= 0.6 is 0 Å². The molecule has 0 saturated heterocycles. The molecule has 0 aromatic heterocycles. The number of hydrogen-bond donors (Lipinski definition) is 2. The molecular weight excluding hydrogens is 216 g/mol. The SMILES string of the molecule is CNC(=O)CCNCc1ccc2c(c1)CCO2. The molecule has 1 amide bonds. The summed E-state index contributed by atoms with van der Waals surface area (Å²) in [4.78, 5) is 11.0. The third-order valence-electron chi connectivity index (χ3n) is 2.89. The van der Waals surface area contributed by atoms with Crippen LogP contribution in [0.2, 0.25) is 0 Å². The minimum Gasteiger partial charge on any atom is -0.493 e. The van der Waals surface area contributed by atoms with E-state index in [9.17, 15) is 4.79 Å². The molecule has 0 radical (unpaired) electrons. The summed E-state index contributed by atoms with van der Waals surface area (Å²) in [5, 5.41) is 5.86. The fourth-order valence-electron chi connectivity index (χ4n) is 1.91. The van der Waals surface area contributed by atoms with Crippen LogP contribution in [0.5, 0.6) is 5.75 Å². The summed E-state index contributed by atoms with van der Waals surface area (Å²) in [7, 11) is 1.66. The number of hydrogen-bond acceptors (Lipinski definition) is 3. The van der Waals surface area contributed by atoms with Crippen molar-refractivity contribution in [1.29, 1.82) is 0 Å². The van der Waals surface area contributed by atoms with Gasteiger partial charge in [0.05, 0.1) is 6.61 Å². The van der Waals surface area contributed by atoms with Gasteiger partial charge in [-0.2, -0.15) is 0 Å². The lowest BCUT2D eigenvalue weighted by Gasteiger charge is -2.06. The minimum atomic E-state index is 0.0693. The summed E-state index contributed by atoms with van der Waals surface area (Å²) in [5.74, 6) is 1.08. The smallest absolute Gasteiger partial charge is 0.221 e. The number of ether oxygens (including phenoxy) is 1. The summed E-state index contributed by atoms with van der Waals surface area (Å²) in [5.41, 5.74) is 2.53. The predicted molar refractivity (Wildman–Crippen MR) is 66.0 cm³/mol.